The van der Waals surface area contributed by atoms with Gasteiger partial charge in [-0.2, -0.15) is 0 Å². The zero-order valence-electron chi connectivity index (χ0n) is 17.4. The van der Waals surface area contributed by atoms with Gasteiger partial charge in [-0.05, 0) is 6.92 Å². The van der Waals surface area contributed by atoms with Crippen molar-refractivity contribution in [3.8, 4) is 0 Å². The Labute approximate surface area is 184 Å². The molecule has 0 saturated carbocycles. The van der Waals surface area contributed by atoms with E-state index in [0.29, 0.717) is 5.75 Å². The predicted octanol–water partition coefficient (Wildman–Crippen LogP) is 1.17. The van der Waals surface area contributed by atoms with E-state index < -0.39 is 54.6 Å². The first-order chi connectivity index (χ1) is 14.0. The van der Waals surface area contributed by atoms with Crippen LogP contribution in [-0.4, -0.2) is 77.7 Å². The van der Waals surface area contributed by atoms with Crippen molar-refractivity contribution in [3.05, 3.63) is 0 Å². The van der Waals surface area contributed by atoms with E-state index in [-0.39, 0.29) is 13.2 Å². The van der Waals surface area contributed by atoms with Crippen LogP contribution in [0, 0.1) is 0 Å². The first kappa shape index (κ1) is 26.3. The van der Waals surface area contributed by atoms with Gasteiger partial charge in [0.2, 0.25) is 0 Å². The second kappa shape index (κ2) is 12.8. The third kappa shape index (κ3) is 9.37. The Hall–Kier alpha value is -1.76. The molecule has 170 valence electrons. The van der Waals surface area contributed by atoms with Crippen LogP contribution in [0.4, 0.5) is 0 Å². The first-order valence-electron chi connectivity index (χ1n) is 9.06. The number of hydrogen-bond donors (Lipinski definition) is 0. The molecule has 0 radical (unpaired) electrons. The number of hydrogen-bond acceptors (Lipinski definition) is 12. The lowest BCUT2D eigenvalue weighted by Gasteiger charge is -2.44. The number of thioether (sulfide) groups is 1. The number of esters is 4. The summed E-state index contributed by atoms with van der Waals surface area (Å²) in [6, 6.07) is 0. The average molecular weight is 467 g/mol. The predicted molar refractivity (Wildman–Crippen MR) is 109 cm³/mol. The van der Waals surface area contributed by atoms with Crippen molar-refractivity contribution in [2.45, 2.75) is 65.3 Å². The van der Waals surface area contributed by atoms with Crippen molar-refractivity contribution in [1.29, 1.82) is 0 Å². The second-order valence-corrected chi connectivity index (χ2v) is 8.46. The van der Waals surface area contributed by atoms with Gasteiger partial charge in [0.05, 0.1) is 6.61 Å². The lowest BCUT2D eigenvalue weighted by Crippen LogP contribution is -2.63. The van der Waals surface area contributed by atoms with Crippen LogP contribution in [0.15, 0.2) is 0 Å². The van der Waals surface area contributed by atoms with E-state index in [0.717, 1.165) is 18.0 Å². The van der Waals surface area contributed by atoms with Crippen LogP contribution in [0.3, 0.4) is 0 Å². The summed E-state index contributed by atoms with van der Waals surface area (Å²) in [6.07, 6.45) is -5.86. The Bertz CT molecular complexity index is 653. The van der Waals surface area contributed by atoms with Crippen molar-refractivity contribution in [2.24, 2.45) is 0 Å². The molecular weight excluding hydrogens is 440 g/mol. The van der Waals surface area contributed by atoms with E-state index in [1.807, 2.05) is 0 Å². The van der Waals surface area contributed by atoms with Gasteiger partial charge in [0, 0.05) is 37.6 Å². The SMILES string of the molecule is CC(=O)OC[C@H]1O[C@H](OCCSC(C)=S)[C@@H](OC(C)=O)[C@@H](OC(C)=O)[C@@H]1OC(C)=O. The number of carbonyl (C=O) groups excluding carboxylic acids is 4. The number of carbonyl (C=O) groups is 4. The summed E-state index contributed by atoms with van der Waals surface area (Å²) in [7, 11) is 0. The van der Waals surface area contributed by atoms with Gasteiger partial charge >= 0.3 is 23.9 Å². The highest BCUT2D eigenvalue weighted by molar-refractivity contribution is 8.23. The molecule has 1 aliphatic heterocycles. The minimum atomic E-state index is -1.24. The Morgan fingerprint density at radius 1 is 0.833 bits per heavy atom. The molecule has 1 fully saturated rings. The van der Waals surface area contributed by atoms with Crippen molar-refractivity contribution in [1.82, 2.24) is 0 Å². The minimum Gasteiger partial charge on any atom is -0.463 e. The number of thiocarbonyl (C=S) groups is 1. The monoisotopic (exact) mass is 466 g/mol. The van der Waals surface area contributed by atoms with Gasteiger partial charge in [0.1, 0.15) is 12.7 Å². The van der Waals surface area contributed by atoms with E-state index >= 15 is 0 Å². The van der Waals surface area contributed by atoms with E-state index in [1.54, 1.807) is 6.92 Å². The van der Waals surface area contributed by atoms with Gasteiger partial charge < -0.3 is 28.4 Å². The summed E-state index contributed by atoms with van der Waals surface area (Å²) >= 11 is 6.39. The zero-order chi connectivity index (χ0) is 22.8. The summed E-state index contributed by atoms with van der Waals surface area (Å²) in [6.45, 7) is 6.32. The average Bonchev–Trinajstić information content (AvgIpc) is 2.60. The van der Waals surface area contributed by atoms with Gasteiger partial charge in [-0.3, -0.25) is 19.2 Å². The minimum absolute atomic E-state index is 0.173. The van der Waals surface area contributed by atoms with Crippen LogP contribution < -0.4 is 0 Å². The fraction of sp³-hybridized carbons (Fsp3) is 0.722. The summed E-state index contributed by atoms with van der Waals surface area (Å²) in [5, 5.41) is 0. The molecule has 1 heterocycles. The van der Waals surface area contributed by atoms with Gasteiger partial charge in [0.25, 0.3) is 0 Å². The molecule has 0 aromatic rings. The lowest BCUT2D eigenvalue weighted by molar-refractivity contribution is -0.307. The highest BCUT2D eigenvalue weighted by Gasteiger charge is 2.52. The quantitative estimate of drug-likeness (QED) is 0.210. The first-order valence-corrected chi connectivity index (χ1v) is 10.5. The van der Waals surface area contributed by atoms with E-state index in [1.165, 1.54) is 25.6 Å². The Morgan fingerprint density at radius 3 is 1.87 bits per heavy atom. The molecule has 5 atom stereocenters. The molecule has 0 N–H and O–H groups in total. The third-order valence-electron chi connectivity index (χ3n) is 3.62. The molecule has 1 saturated heterocycles. The maximum absolute atomic E-state index is 11.7. The summed E-state index contributed by atoms with van der Waals surface area (Å²) < 4.78 is 33.1. The lowest BCUT2D eigenvalue weighted by atomic mass is 9.98. The van der Waals surface area contributed by atoms with Crippen molar-refractivity contribution in [3.63, 3.8) is 0 Å². The number of ether oxygens (including phenoxy) is 6. The molecule has 0 bridgehead atoms. The normalized spacial score (nSPS) is 25.7. The highest BCUT2D eigenvalue weighted by atomic mass is 32.2. The van der Waals surface area contributed by atoms with Crippen LogP contribution in [0.25, 0.3) is 0 Å². The molecule has 1 rings (SSSR count). The van der Waals surface area contributed by atoms with Gasteiger partial charge in [0.15, 0.2) is 24.6 Å². The zero-order valence-corrected chi connectivity index (χ0v) is 19.0. The molecule has 10 nitrogen and oxygen atoms in total. The fourth-order valence-electron chi connectivity index (χ4n) is 2.67. The summed E-state index contributed by atoms with van der Waals surface area (Å²) in [5.41, 5.74) is 0. The smallest absolute Gasteiger partial charge is 0.303 e. The third-order valence-corrected chi connectivity index (χ3v) is 4.75. The standard InChI is InChI=1S/C18H26O10S2/c1-9(19)24-8-14-15(25-10(2)20)16(26-11(3)21)17(27-12(4)22)18(28-14)23-6-7-30-13(5)29/h14-18H,6-8H2,1-5H3/t14-,15-,16+,17+,18+/m1/s1. The second-order valence-electron chi connectivity index (χ2n) is 6.28. The molecule has 12 heteroatoms. The molecular formula is C18H26O10S2. The summed E-state index contributed by atoms with van der Waals surface area (Å²) in [4.78, 5) is 46.2. The van der Waals surface area contributed by atoms with Crippen LogP contribution in [-0.2, 0) is 47.6 Å². The Kier molecular flexibility index (Phi) is 11.2. The van der Waals surface area contributed by atoms with Crippen LogP contribution in [0.1, 0.15) is 34.6 Å². The van der Waals surface area contributed by atoms with Crippen molar-refractivity contribution >= 4 is 52.1 Å². The molecule has 0 spiro atoms. The van der Waals surface area contributed by atoms with Crippen LogP contribution >= 0.6 is 24.0 Å². The Morgan fingerprint density at radius 2 is 1.37 bits per heavy atom. The molecule has 0 aliphatic carbocycles. The topological polar surface area (TPSA) is 124 Å². The molecule has 0 aromatic heterocycles. The van der Waals surface area contributed by atoms with Crippen LogP contribution in [0.5, 0.6) is 0 Å². The molecule has 1 aliphatic rings. The van der Waals surface area contributed by atoms with E-state index in [9.17, 15) is 19.2 Å². The van der Waals surface area contributed by atoms with Crippen LogP contribution in [0.2, 0.25) is 0 Å². The van der Waals surface area contributed by atoms with Gasteiger partial charge in [-0.1, -0.05) is 12.2 Å². The van der Waals surface area contributed by atoms with Gasteiger partial charge in [-0.25, -0.2) is 0 Å². The maximum Gasteiger partial charge on any atom is 0.303 e. The van der Waals surface area contributed by atoms with Gasteiger partial charge in [-0.15, -0.1) is 11.8 Å². The molecule has 0 unspecified atom stereocenters. The molecule has 30 heavy (non-hydrogen) atoms. The largest absolute Gasteiger partial charge is 0.463 e. The molecule has 0 aromatic carbocycles. The summed E-state index contributed by atoms with van der Waals surface area (Å²) in [5.74, 6) is -2.16. The van der Waals surface area contributed by atoms with Crippen molar-refractivity contribution in [2.75, 3.05) is 19.0 Å². The maximum atomic E-state index is 11.7. The van der Waals surface area contributed by atoms with E-state index in [2.05, 4.69) is 0 Å². The number of rotatable bonds is 9. The highest BCUT2D eigenvalue weighted by Crippen LogP contribution is 2.30. The van der Waals surface area contributed by atoms with Crippen molar-refractivity contribution < 1.29 is 47.6 Å². The Balaban J connectivity index is 3.17. The van der Waals surface area contributed by atoms with E-state index in [4.69, 9.17) is 40.6 Å². The molecule has 0 amide bonds. The fourth-order valence-corrected chi connectivity index (χ4v) is 3.39.